The number of hydrogen-bond donors (Lipinski definition) is 0. The van der Waals surface area contributed by atoms with E-state index >= 15 is 0 Å². The molecule has 1 aliphatic carbocycles. The molecule has 0 N–H and O–H groups in total. The zero-order valence-electron chi connectivity index (χ0n) is 3.98. The highest BCUT2D eigenvalue weighted by Gasteiger charge is 2.18. The summed E-state index contributed by atoms with van der Waals surface area (Å²) in [7, 11) is 0. The number of allylic oxidation sites excluding steroid dienone is 1. The lowest BCUT2D eigenvalue weighted by Crippen LogP contribution is -1.63. The van der Waals surface area contributed by atoms with Crippen LogP contribution in [0.2, 0.25) is 0 Å². The zero-order chi connectivity index (χ0) is 4.41. The van der Waals surface area contributed by atoms with Gasteiger partial charge in [-0.2, -0.15) is 0 Å². The van der Waals surface area contributed by atoms with Crippen LogP contribution in [0.5, 0.6) is 0 Å². The number of hydrogen-bond acceptors (Lipinski definition) is 0. The first kappa shape index (κ1) is 3.91. The lowest BCUT2D eigenvalue weighted by molar-refractivity contribution is 0.865. The van der Waals surface area contributed by atoms with Crippen LogP contribution in [0.1, 0.15) is 19.3 Å². The summed E-state index contributed by atoms with van der Waals surface area (Å²) >= 11 is 0. The number of rotatable bonds is 2. The van der Waals surface area contributed by atoms with E-state index in [0.29, 0.717) is 0 Å². The van der Waals surface area contributed by atoms with Crippen LogP contribution in [0.3, 0.4) is 0 Å². The predicted molar refractivity (Wildman–Crippen MR) is 27.5 cm³/mol. The maximum atomic E-state index is 3.64. The Morgan fingerprint density at radius 2 is 2.33 bits per heavy atom. The smallest absolute Gasteiger partial charge is 0.0325 e. The van der Waals surface area contributed by atoms with Gasteiger partial charge < -0.3 is 0 Å². The fourth-order valence-electron chi connectivity index (χ4n) is 0.589. The van der Waals surface area contributed by atoms with Crippen LogP contribution in [-0.4, -0.2) is 0 Å². The van der Waals surface area contributed by atoms with Crippen molar-refractivity contribution in [3.63, 3.8) is 0 Å². The van der Waals surface area contributed by atoms with E-state index in [2.05, 4.69) is 6.58 Å². The van der Waals surface area contributed by atoms with Crippen molar-refractivity contribution in [3.8, 4) is 0 Å². The maximum Gasteiger partial charge on any atom is -0.0325 e. The summed E-state index contributed by atoms with van der Waals surface area (Å²) in [6.45, 7) is 3.64. The first-order chi connectivity index (χ1) is 2.93. The van der Waals surface area contributed by atoms with Gasteiger partial charge in [0.2, 0.25) is 0 Å². The van der Waals surface area contributed by atoms with Gasteiger partial charge in [-0.25, -0.2) is 0 Å². The summed E-state index contributed by atoms with van der Waals surface area (Å²) < 4.78 is 0. The molecular formula is C6H10. The van der Waals surface area contributed by atoms with E-state index < -0.39 is 0 Å². The van der Waals surface area contributed by atoms with Crippen molar-refractivity contribution in [1.82, 2.24) is 0 Å². The molecule has 0 atom stereocenters. The molecule has 0 heteroatoms. The van der Waals surface area contributed by atoms with E-state index in [4.69, 9.17) is 0 Å². The van der Waals surface area contributed by atoms with E-state index in [1.54, 1.807) is 0 Å². The van der Waals surface area contributed by atoms with E-state index in [9.17, 15) is 0 Å². The maximum absolute atomic E-state index is 3.64. The van der Waals surface area contributed by atoms with Gasteiger partial charge in [-0.05, 0) is 25.2 Å². The second-order valence-corrected chi connectivity index (χ2v) is 1.97. The molecule has 0 aromatic rings. The summed E-state index contributed by atoms with van der Waals surface area (Å²) in [5.74, 6) is 1.03. The Morgan fingerprint density at radius 1 is 1.67 bits per heavy atom. The van der Waals surface area contributed by atoms with Crippen molar-refractivity contribution in [3.05, 3.63) is 12.7 Å². The SMILES string of the molecule is C=CCC1CC1. The lowest BCUT2D eigenvalue weighted by Gasteiger charge is -1.77. The molecule has 0 aromatic heterocycles. The van der Waals surface area contributed by atoms with Gasteiger partial charge in [0.1, 0.15) is 0 Å². The molecular weight excluding hydrogens is 72.1 g/mol. The largest absolute Gasteiger partial charge is 0.103 e. The molecule has 0 heterocycles. The standard InChI is InChI=1S/C6H10/c1-2-3-6-4-5-6/h2,6H,1,3-5H2. The Balaban J connectivity index is 2.00. The highest BCUT2D eigenvalue weighted by Crippen LogP contribution is 2.32. The molecule has 34 valence electrons. The summed E-state index contributed by atoms with van der Waals surface area (Å²) in [6.07, 6.45) is 6.16. The van der Waals surface area contributed by atoms with Crippen molar-refractivity contribution in [2.75, 3.05) is 0 Å². The fraction of sp³-hybridized carbons (Fsp3) is 0.667. The van der Waals surface area contributed by atoms with Crippen LogP contribution in [0, 0.1) is 5.92 Å². The molecule has 6 heavy (non-hydrogen) atoms. The predicted octanol–water partition coefficient (Wildman–Crippen LogP) is 1.97. The van der Waals surface area contributed by atoms with Gasteiger partial charge in [-0.1, -0.05) is 6.08 Å². The summed E-state index contributed by atoms with van der Waals surface area (Å²) in [5, 5.41) is 0. The molecule has 1 saturated carbocycles. The molecule has 0 nitrogen and oxygen atoms in total. The van der Waals surface area contributed by atoms with Crippen molar-refractivity contribution in [2.45, 2.75) is 19.3 Å². The second-order valence-electron chi connectivity index (χ2n) is 1.97. The van der Waals surface area contributed by atoms with Gasteiger partial charge in [0.05, 0.1) is 0 Å². The summed E-state index contributed by atoms with van der Waals surface area (Å²) in [4.78, 5) is 0. The van der Waals surface area contributed by atoms with E-state index in [1.165, 1.54) is 19.3 Å². The van der Waals surface area contributed by atoms with Crippen molar-refractivity contribution in [1.29, 1.82) is 0 Å². The van der Waals surface area contributed by atoms with Crippen LogP contribution in [0.25, 0.3) is 0 Å². The molecule has 0 aromatic carbocycles. The minimum absolute atomic E-state index is 1.03. The normalized spacial score (nSPS) is 20.7. The zero-order valence-corrected chi connectivity index (χ0v) is 3.98. The first-order valence-corrected chi connectivity index (χ1v) is 2.54. The minimum Gasteiger partial charge on any atom is -0.103 e. The van der Waals surface area contributed by atoms with E-state index in [1.807, 2.05) is 6.08 Å². The van der Waals surface area contributed by atoms with Gasteiger partial charge >= 0.3 is 0 Å². The highest BCUT2D eigenvalue weighted by atomic mass is 14.2. The van der Waals surface area contributed by atoms with Crippen molar-refractivity contribution < 1.29 is 0 Å². The monoisotopic (exact) mass is 82.1 g/mol. The van der Waals surface area contributed by atoms with Crippen LogP contribution in [-0.2, 0) is 0 Å². The average Bonchev–Trinajstić information content (AvgIpc) is 2.21. The van der Waals surface area contributed by atoms with Crippen LogP contribution >= 0.6 is 0 Å². The quantitative estimate of drug-likeness (QED) is 0.447. The molecule has 0 aliphatic heterocycles. The molecule has 1 aliphatic rings. The Hall–Kier alpha value is -0.260. The second kappa shape index (κ2) is 1.46. The van der Waals surface area contributed by atoms with E-state index in [0.717, 1.165) is 5.92 Å². The molecule has 0 spiro atoms. The van der Waals surface area contributed by atoms with Gasteiger partial charge in [0.15, 0.2) is 0 Å². The molecule has 0 bridgehead atoms. The average molecular weight is 82.1 g/mol. The first-order valence-electron chi connectivity index (χ1n) is 2.54. The van der Waals surface area contributed by atoms with Crippen molar-refractivity contribution >= 4 is 0 Å². The van der Waals surface area contributed by atoms with Gasteiger partial charge in [-0.3, -0.25) is 0 Å². The van der Waals surface area contributed by atoms with Gasteiger partial charge in [0.25, 0.3) is 0 Å². The summed E-state index contributed by atoms with van der Waals surface area (Å²) in [5.41, 5.74) is 0. The van der Waals surface area contributed by atoms with Gasteiger partial charge in [0, 0.05) is 0 Å². The Bertz CT molecular complexity index is 51.1. The molecule has 0 unspecified atom stereocenters. The molecule has 0 saturated heterocycles. The third-order valence-corrected chi connectivity index (χ3v) is 1.20. The van der Waals surface area contributed by atoms with E-state index in [-0.39, 0.29) is 0 Å². The van der Waals surface area contributed by atoms with Crippen molar-refractivity contribution in [2.24, 2.45) is 5.92 Å². The molecule has 0 radical (unpaired) electrons. The van der Waals surface area contributed by atoms with Crippen LogP contribution < -0.4 is 0 Å². The summed E-state index contributed by atoms with van der Waals surface area (Å²) in [6, 6.07) is 0. The lowest BCUT2D eigenvalue weighted by atomic mass is 10.3. The molecule has 0 amide bonds. The Morgan fingerprint density at radius 3 is 2.50 bits per heavy atom. The molecule has 1 fully saturated rings. The minimum atomic E-state index is 1.03. The Kier molecular flexibility index (Phi) is 0.952. The van der Waals surface area contributed by atoms with Gasteiger partial charge in [-0.15, -0.1) is 6.58 Å². The third-order valence-electron chi connectivity index (χ3n) is 1.20. The van der Waals surface area contributed by atoms with Crippen LogP contribution in [0.15, 0.2) is 12.7 Å². The highest BCUT2D eigenvalue weighted by molar-refractivity contribution is 4.81. The third kappa shape index (κ3) is 0.852. The Labute approximate surface area is 38.9 Å². The van der Waals surface area contributed by atoms with Crippen LogP contribution in [0.4, 0.5) is 0 Å². The molecule has 1 rings (SSSR count). The fourth-order valence-corrected chi connectivity index (χ4v) is 0.589. The topological polar surface area (TPSA) is 0 Å².